The molecule has 0 fully saturated rings. The predicted octanol–water partition coefficient (Wildman–Crippen LogP) is 5.46. The molecule has 0 bridgehead atoms. The fourth-order valence-corrected chi connectivity index (χ4v) is 4.91. The molecule has 0 radical (unpaired) electrons. The third kappa shape index (κ3) is 2.45. The van der Waals surface area contributed by atoms with Gasteiger partial charge in [-0.25, -0.2) is 0 Å². The van der Waals surface area contributed by atoms with Gasteiger partial charge in [0.2, 0.25) is 0 Å². The van der Waals surface area contributed by atoms with Gasteiger partial charge in [0.1, 0.15) is 0 Å². The Bertz CT molecular complexity index is 704. The van der Waals surface area contributed by atoms with E-state index in [9.17, 15) is 0 Å². The lowest BCUT2D eigenvalue weighted by molar-refractivity contribution is 0.354. The Labute approximate surface area is 134 Å². The molecule has 1 aromatic carbocycles. The number of fused-ring (bicyclic) bond motifs is 1. The number of rotatable bonds is 4. The Morgan fingerprint density at radius 1 is 1.00 bits per heavy atom. The van der Waals surface area contributed by atoms with Crippen LogP contribution in [0.4, 0.5) is 0 Å². The van der Waals surface area contributed by atoms with E-state index in [1.807, 2.05) is 23.5 Å². The van der Waals surface area contributed by atoms with Gasteiger partial charge < -0.3 is 9.47 Å². The third-order valence-electron chi connectivity index (χ3n) is 3.11. The molecule has 0 spiro atoms. The maximum atomic E-state index is 5.37. The Balaban J connectivity index is 1.97. The molecule has 1 atom stereocenters. The minimum absolute atomic E-state index is 0.173. The fourth-order valence-electron chi connectivity index (χ4n) is 2.08. The molecule has 0 N–H and O–H groups in total. The first kappa shape index (κ1) is 13.9. The van der Waals surface area contributed by atoms with Gasteiger partial charge in [0, 0.05) is 14.3 Å². The van der Waals surface area contributed by atoms with Crippen molar-refractivity contribution in [1.82, 2.24) is 0 Å². The van der Waals surface area contributed by atoms with Crippen LogP contribution in [0, 0.1) is 0 Å². The van der Waals surface area contributed by atoms with Gasteiger partial charge in [-0.2, -0.15) is 0 Å². The van der Waals surface area contributed by atoms with Crippen LogP contribution in [0.1, 0.15) is 15.3 Å². The molecule has 2 aromatic heterocycles. The highest BCUT2D eigenvalue weighted by Crippen LogP contribution is 2.42. The van der Waals surface area contributed by atoms with Crippen LogP contribution in [-0.2, 0) is 0 Å². The van der Waals surface area contributed by atoms with Crippen molar-refractivity contribution in [1.29, 1.82) is 0 Å². The van der Waals surface area contributed by atoms with E-state index in [4.69, 9.17) is 9.47 Å². The van der Waals surface area contributed by atoms with Crippen LogP contribution in [0.15, 0.2) is 35.7 Å². The monoisotopic (exact) mass is 368 g/mol. The molecule has 0 aliphatic rings. The fraction of sp³-hybridized carbons (Fsp3) is 0.200. The molecule has 0 aliphatic heterocycles. The molecule has 0 aliphatic carbocycles. The molecule has 0 saturated heterocycles. The van der Waals surface area contributed by atoms with E-state index < -0.39 is 0 Å². The van der Waals surface area contributed by atoms with Crippen LogP contribution in [0.3, 0.4) is 0 Å². The highest BCUT2D eigenvalue weighted by Gasteiger charge is 2.16. The largest absolute Gasteiger partial charge is 0.493 e. The first-order valence-corrected chi connectivity index (χ1v) is 8.67. The zero-order chi connectivity index (χ0) is 14.1. The lowest BCUT2D eigenvalue weighted by atomic mass is 10.1. The van der Waals surface area contributed by atoms with E-state index in [0.717, 1.165) is 17.1 Å². The van der Waals surface area contributed by atoms with Crippen LogP contribution >= 0.6 is 38.6 Å². The van der Waals surface area contributed by atoms with E-state index >= 15 is 0 Å². The molecule has 1 unspecified atom stereocenters. The minimum atomic E-state index is 0.173. The third-order valence-corrected chi connectivity index (χ3v) is 6.59. The molecule has 3 aromatic rings. The van der Waals surface area contributed by atoms with Crippen molar-refractivity contribution < 1.29 is 9.47 Å². The second-order valence-corrected chi connectivity index (χ2v) is 7.25. The van der Waals surface area contributed by atoms with Gasteiger partial charge in [-0.15, -0.1) is 22.7 Å². The molecule has 3 rings (SSSR count). The lowest BCUT2D eigenvalue weighted by Crippen LogP contribution is -1.94. The number of benzene rings is 1. The molecular formula is C15H13BrO2S2. The zero-order valence-corrected chi connectivity index (χ0v) is 14.3. The highest BCUT2D eigenvalue weighted by molar-refractivity contribution is 9.09. The van der Waals surface area contributed by atoms with Crippen molar-refractivity contribution in [2.45, 2.75) is 4.83 Å². The molecule has 104 valence electrons. The first-order chi connectivity index (χ1) is 9.72. The van der Waals surface area contributed by atoms with Crippen molar-refractivity contribution >= 4 is 48.0 Å². The van der Waals surface area contributed by atoms with Gasteiger partial charge in [0.15, 0.2) is 11.5 Å². The van der Waals surface area contributed by atoms with Gasteiger partial charge in [-0.05, 0) is 35.2 Å². The predicted molar refractivity (Wildman–Crippen MR) is 90.0 cm³/mol. The van der Waals surface area contributed by atoms with E-state index in [-0.39, 0.29) is 4.83 Å². The summed E-state index contributed by atoms with van der Waals surface area (Å²) in [5.74, 6) is 1.51. The summed E-state index contributed by atoms with van der Waals surface area (Å²) in [5.41, 5.74) is 1.16. The summed E-state index contributed by atoms with van der Waals surface area (Å²) in [7, 11) is 3.31. The van der Waals surface area contributed by atoms with Crippen LogP contribution in [0.5, 0.6) is 11.5 Å². The number of alkyl halides is 1. The van der Waals surface area contributed by atoms with E-state index in [0.29, 0.717) is 0 Å². The average Bonchev–Trinajstić information content (AvgIpc) is 3.06. The smallest absolute Gasteiger partial charge is 0.161 e. The summed E-state index contributed by atoms with van der Waals surface area (Å²) in [5, 5.41) is 2.13. The normalized spacial score (nSPS) is 12.6. The Kier molecular flexibility index (Phi) is 4.01. The molecule has 2 nitrogen and oxygen atoms in total. The number of halogens is 1. The minimum Gasteiger partial charge on any atom is -0.493 e. The second kappa shape index (κ2) is 5.76. The van der Waals surface area contributed by atoms with Crippen molar-refractivity contribution in [3.05, 3.63) is 46.2 Å². The molecule has 0 amide bonds. The molecule has 0 saturated carbocycles. The van der Waals surface area contributed by atoms with E-state index in [1.54, 1.807) is 25.6 Å². The Morgan fingerprint density at radius 2 is 1.80 bits per heavy atom. The van der Waals surface area contributed by atoms with Crippen molar-refractivity contribution in [2.75, 3.05) is 14.2 Å². The zero-order valence-electron chi connectivity index (χ0n) is 11.1. The van der Waals surface area contributed by atoms with E-state index in [2.05, 4.69) is 39.5 Å². The van der Waals surface area contributed by atoms with Crippen molar-refractivity contribution in [2.24, 2.45) is 0 Å². The maximum Gasteiger partial charge on any atom is 0.161 e. The second-order valence-electron chi connectivity index (χ2n) is 4.27. The highest BCUT2D eigenvalue weighted by atomic mass is 79.9. The molecule has 2 heterocycles. The van der Waals surface area contributed by atoms with Crippen molar-refractivity contribution in [3.8, 4) is 11.5 Å². The first-order valence-electron chi connectivity index (χ1n) is 6.06. The summed E-state index contributed by atoms with van der Waals surface area (Å²) >= 11 is 7.39. The quantitative estimate of drug-likeness (QED) is 0.568. The van der Waals surface area contributed by atoms with Crippen LogP contribution in [-0.4, -0.2) is 14.2 Å². The van der Waals surface area contributed by atoms with Gasteiger partial charge >= 0.3 is 0 Å². The van der Waals surface area contributed by atoms with Crippen LogP contribution < -0.4 is 9.47 Å². The lowest BCUT2D eigenvalue weighted by Gasteiger charge is -2.12. The van der Waals surface area contributed by atoms with E-state index in [1.165, 1.54) is 14.3 Å². The summed E-state index contributed by atoms with van der Waals surface area (Å²) in [6.07, 6.45) is 0. The maximum absolute atomic E-state index is 5.37. The van der Waals surface area contributed by atoms with Gasteiger partial charge in [-0.3, -0.25) is 0 Å². The number of thiophene rings is 2. The molecule has 5 heteroatoms. The van der Waals surface area contributed by atoms with Gasteiger partial charge in [0.25, 0.3) is 0 Å². The SMILES string of the molecule is COc1ccc(C(Br)c2cc3sccc3s2)cc1OC. The Hall–Kier alpha value is -1.04. The summed E-state index contributed by atoms with van der Waals surface area (Å²) < 4.78 is 13.3. The summed E-state index contributed by atoms with van der Waals surface area (Å²) in [4.78, 5) is 1.48. The molecular weight excluding hydrogens is 356 g/mol. The topological polar surface area (TPSA) is 18.5 Å². The summed E-state index contributed by atoms with van der Waals surface area (Å²) in [6, 6.07) is 10.4. The average molecular weight is 369 g/mol. The number of hydrogen-bond donors (Lipinski definition) is 0. The number of methoxy groups -OCH3 is 2. The number of ether oxygens (including phenoxy) is 2. The van der Waals surface area contributed by atoms with Crippen LogP contribution in [0.2, 0.25) is 0 Å². The van der Waals surface area contributed by atoms with Gasteiger partial charge in [-0.1, -0.05) is 22.0 Å². The summed E-state index contributed by atoms with van der Waals surface area (Å²) in [6.45, 7) is 0. The van der Waals surface area contributed by atoms with Gasteiger partial charge in [0.05, 0.1) is 19.0 Å². The number of hydrogen-bond acceptors (Lipinski definition) is 4. The Morgan fingerprint density at radius 3 is 2.50 bits per heavy atom. The standard InChI is InChI=1S/C15H13BrO2S2/c1-17-10-4-3-9(7-11(10)18-2)15(16)14-8-13-12(20-14)5-6-19-13/h3-8,15H,1-2H3. The van der Waals surface area contributed by atoms with Crippen LogP contribution in [0.25, 0.3) is 9.40 Å². The van der Waals surface area contributed by atoms with Crippen molar-refractivity contribution in [3.63, 3.8) is 0 Å². The molecule has 20 heavy (non-hydrogen) atoms.